The van der Waals surface area contributed by atoms with Crippen LogP contribution in [0, 0.1) is 0 Å². The van der Waals surface area contributed by atoms with E-state index in [1.54, 1.807) is 4.68 Å². The van der Waals surface area contributed by atoms with Gasteiger partial charge in [-0.15, -0.1) is 5.10 Å². The molecule has 6 nitrogen and oxygen atoms in total. The van der Waals surface area contributed by atoms with E-state index in [4.69, 9.17) is 17.3 Å². The number of nitrogens with two attached hydrogens (primary N) is 1. The summed E-state index contributed by atoms with van der Waals surface area (Å²) in [5.41, 5.74) is 8.23. The minimum atomic E-state index is 0.532. The Hall–Kier alpha value is -1.92. The van der Waals surface area contributed by atoms with Crippen molar-refractivity contribution >= 4 is 22.6 Å². The van der Waals surface area contributed by atoms with Gasteiger partial charge in [-0.1, -0.05) is 23.7 Å². The summed E-state index contributed by atoms with van der Waals surface area (Å²) in [5.74, 6) is 0.817. The second-order valence-corrected chi connectivity index (χ2v) is 5.31. The summed E-state index contributed by atoms with van der Waals surface area (Å²) in [6.45, 7) is 4.16. The standard InChI is InChI=1S/C14H17ClN6/c1-2-6-21-13-8-10(15)3-4-11(13)17-14(21)12-9-20(7-5-16)19-18-12/h3-4,8-9H,2,5-7,16H2,1H3. The number of fused-ring (bicyclic) bond motifs is 1. The van der Waals surface area contributed by atoms with Crippen molar-refractivity contribution in [2.45, 2.75) is 26.4 Å². The number of imidazole rings is 1. The molecule has 2 aromatic heterocycles. The largest absolute Gasteiger partial charge is 0.329 e. The molecule has 3 rings (SSSR count). The molecule has 3 aromatic rings. The molecule has 2 N–H and O–H groups in total. The van der Waals surface area contributed by atoms with E-state index in [1.165, 1.54) is 0 Å². The van der Waals surface area contributed by atoms with Gasteiger partial charge in [0.2, 0.25) is 0 Å². The van der Waals surface area contributed by atoms with Crippen LogP contribution in [0.5, 0.6) is 0 Å². The first-order valence-electron chi connectivity index (χ1n) is 6.99. The Kier molecular flexibility index (Phi) is 3.90. The number of benzene rings is 1. The van der Waals surface area contributed by atoms with Crippen molar-refractivity contribution in [1.29, 1.82) is 0 Å². The van der Waals surface area contributed by atoms with Gasteiger partial charge in [-0.25, -0.2) is 4.98 Å². The Morgan fingerprint density at radius 1 is 1.29 bits per heavy atom. The van der Waals surface area contributed by atoms with Crippen molar-refractivity contribution in [2.24, 2.45) is 5.73 Å². The molecule has 0 bridgehead atoms. The number of hydrogen-bond donors (Lipinski definition) is 1. The topological polar surface area (TPSA) is 74.5 Å². The summed E-state index contributed by atoms with van der Waals surface area (Å²) in [4.78, 5) is 4.67. The van der Waals surface area contributed by atoms with E-state index in [-0.39, 0.29) is 0 Å². The molecule has 0 spiro atoms. The Labute approximate surface area is 127 Å². The molecular formula is C14H17ClN6. The lowest BCUT2D eigenvalue weighted by atomic mass is 10.3. The molecule has 0 saturated heterocycles. The average Bonchev–Trinajstić information content (AvgIpc) is 3.05. The second kappa shape index (κ2) is 5.83. The van der Waals surface area contributed by atoms with E-state index in [0.29, 0.717) is 18.1 Å². The first-order chi connectivity index (χ1) is 10.2. The number of nitrogens with zero attached hydrogens (tertiary/aromatic N) is 5. The smallest absolute Gasteiger partial charge is 0.163 e. The highest BCUT2D eigenvalue weighted by Crippen LogP contribution is 2.26. The summed E-state index contributed by atoms with van der Waals surface area (Å²) in [6.07, 6.45) is 2.88. The fourth-order valence-electron chi connectivity index (χ4n) is 2.38. The SMILES string of the molecule is CCCn1c(-c2cn(CCN)nn2)nc2ccc(Cl)cc21. The van der Waals surface area contributed by atoms with Crippen LogP contribution in [0.15, 0.2) is 24.4 Å². The minimum absolute atomic E-state index is 0.532. The summed E-state index contributed by atoms with van der Waals surface area (Å²) < 4.78 is 3.87. The number of hydrogen-bond acceptors (Lipinski definition) is 4. The van der Waals surface area contributed by atoms with Crippen LogP contribution in [0.1, 0.15) is 13.3 Å². The van der Waals surface area contributed by atoms with Crippen molar-refractivity contribution in [3.63, 3.8) is 0 Å². The van der Waals surface area contributed by atoms with Gasteiger partial charge < -0.3 is 10.3 Å². The zero-order chi connectivity index (χ0) is 14.8. The third-order valence-corrected chi connectivity index (χ3v) is 3.52. The molecule has 0 aliphatic heterocycles. The lowest BCUT2D eigenvalue weighted by molar-refractivity contribution is 0.598. The van der Waals surface area contributed by atoms with E-state index in [1.807, 2.05) is 24.4 Å². The Morgan fingerprint density at radius 2 is 2.14 bits per heavy atom. The average molecular weight is 305 g/mol. The van der Waals surface area contributed by atoms with Gasteiger partial charge in [0.15, 0.2) is 5.82 Å². The van der Waals surface area contributed by atoms with E-state index < -0.39 is 0 Å². The molecule has 0 amide bonds. The molecule has 7 heteroatoms. The Bertz CT molecular complexity index is 760. The highest BCUT2D eigenvalue weighted by Gasteiger charge is 2.15. The lowest BCUT2D eigenvalue weighted by Crippen LogP contribution is -2.10. The van der Waals surface area contributed by atoms with E-state index in [0.717, 1.165) is 35.5 Å². The van der Waals surface area contributed by atoms with Crippen molar-refractivity contribution < 1.29 is 0 Å². The molecule has 0 aliphatic rings. The predicted molar refractivity (Wildman–Crippen MR) is 83.1 cm³/mol. The maximum atomic E-state index is 6.10. The zero-order valence-corrected chi connectivity index (χ0v) is 12.6. The molecule has 0 radical (unpaired) electrons. The monoisotopic (exact) mass is 304 g/mol. The van der Waals surface area contributed by atoms with Crippen LogP contribution in [0.2, 0.25) is 5.02 Å². The van der Waals surface area contributed by atoms with Crippen molar-refractivity contribution in [1.82, 2.24) is 24.5 Å². The molecule has 0 atom stereocenters. The normalized spacial score (nSPS) is 11.4. The van der Waals surface area contributed by atoms with Gasteiger partial charge >= 0.3 is 0 Å². The lowest BCUT2D eigenvalue weighted by Gasteiger charge is -2.05. The fraction of sp³-hybridized carbons (Fsp3) is 0.357. The van der Waals surface area contributed by atoms with Crippen molar-refractivity contribution in [3.05, 3.63) is 29.4 Å². The summed E-state index contributed by atoms with van der Waals surface area (Å²) in [5, 5.41) is 8.99. The third-order valence-electron chi connectivity index (χ3n) is 3.28. The van der Waals surface area contributed by atoms with E-state index in [2.05, 4.69) is 26.8 Å². The van der Waals surface area contributed by atoms with Gasteiger partial charge in [-0.3, -0.25) is 4.68 Å². The highest BCUT2D eigenvalue weighted by atomic mass is 35.5. The molecule has 1 aromatic carbocycles. The van der Waals surface area contributed by atoms with E-state index in [9.17, 15) is 0 Å². The van der Waals surface area contributed by atoms with Crippen LogP contribution in [0.3, 0.4) is 0 Å². The Morgan fingerprint density at radius 3 is 2.90 bits per heavy atom. The molecule has 0 unspecified atom stereocenters. The summed E-state index contributed by atoms with van der Waals surface area (Å²) in [6, 6.07) is 5.72. The Balaban J connectivity index is 2.13. The van der Waals surface area contributed by atoms with Gasteiger partial charge in [0.25, 0.3) is 0 Å². The van der Waals surface area contributed by atoms with E-state index >= 15 is 0 Å². The zero-order valence-electron chi connectivity index (χ0n) is 11.8. The van der Waals surface area contributed by atoms with Crippen LogP contribution in [0.4, 0.5) is 0 Å². The quantitative estimate of drug-likeness (QED) is 0.785. The molecule has 21 heavy (non-hydrogen) atoms. The van der Waals surface area contributed by atoms with Gasteiger partial charge in [0, 0.05) is 18.1 Å². The van der Waals surface area contributed by atoms with Gasteiger partial charge in [0.05, 0.1) is 23.8 Å². The first kappa shape index (κ1) is 14.0. The van der Waals surface area contributed by atoms with Crippen molar-refractivity contribution in [2.75, 3.05) is 6.54 Å². The highest BCUT2D eigenvalue weighted by molar-refractivity contribution is 6.31. The molecule has 110 valence electrons. The molecule has 0 aliphatic carbocycles. The van der Waals surface area contributed by atoms with Gasteiger partial charge in [0.1, 0.15) is 5.69 Å². The number of aryl methyl sites for hydroxylation is 1. The molecular weight excluding hydrogens is 288 g/mol. The molecule has 0 saturated carbocycles. The van der Waals surface area contributed by atoms with Crippen LogP contribution in [-0.2, 0) is 13.1 Å². The maximum absolute atomic E-state index is 6.10. The molecule has 0 fully saturated rings. The maximum Gasteiger partial charge on any atom is 0.163 e. The van der Waals surface area contributed by atoms with Crippen molar-refractivity contribution in [3.8, 4) is 11.5 Å². The molecule has 2 heterocycles. The van der Waals surface area contributed by atoms with Crippen LogP contribution >= 0.6 is 11.6 Å². The number of halogens is 1. The minimum Gasteiger partial charge on any atom is -0.329 e. The second-order valence-electron chi connectivity index (χ2n) is 4.88. The van der Waals surface area contributed by atoms with Crippen LogP contribution in [0.25, 0.3) is 22.6 Å². The fourth-order valence-corrected chi connectivity index (χ4v) is 2.55. The number of rotatable bonds is 5. The van der Waals surface area contributed by atoms with Crippen LogP contribution in [-0.4, -0.2) is 31.1 Å². The third kappa shape index (κ3) is 2.64. The predicted octanol–water partition coefficient (Wildman–Crippen LogP) is 2.32. The summed E-state index contributed by atoms with van der Waals surface area (Å²) >= 11 is 6.10. The van der Waals surface area contributed by atoms with Gasteiger partial charge in [-0.2, -0.15) is 0 Å². The summed E-state index contributed by atoms with van der Waals surface area (Å²) in [7, 11) is 0. The first-order valence-corrected chi connectivity index (χ1v) is 7.37. The number of aromatic nitrogens is 5. The van der Waals surface area contributed by atoms with Gasteiger partial charge in [-0.05, 0) is 24.6 Å². The van der Waals surface area contributed by atoms with Crippen LogP contribution < -0.4 is 5.73 Å².